The number of thiazole rings is 1. The van der Waals surface area contributed by atoms with E-state index in [9.17, 15) is 10.1 Å². The largest absolute Gasteiger partial charge is 0.490 e. The van der Waals surface area contributed by atoms with E-state index in [-0.39, 0.29) is 12.1 Å². The summed E-state index contributed by atoms with van der Waals surface area (Å²) in [6.07, 6.45) is 3.14. The number of hydrogen-bond acceptors (Lipinski definition) is 6. The predicted octanol–water partition coefficient (Wildman–Crippen LogP) is 6.65. The molecule has 0 bridgehead atoms. The number of ether oxygens (including phenoxy) is 2. The second-order valence-corrected chi connectivity index (χ2v) is 10.7. The molecule has 0 fully saturated rings. The fourth-order valence-electron chi connectivity index (χ4n) is 4.11. The number of carbonyl (C=O) groups excluding carboxylic acids is 1. The maximum Gasteiger partial charge on any atom is 0.408 e. The Morgan fingerprint density at radius 1 is 1.26 bits per heavy atom. The van der Waals surface area contributed by atoms with Gasteiger partial charge in [0.1, 0.15) is 22.4 Å². The summed E-state index contributed by atoms with van der Waals surface area (Å²) >= 11 is 1.59. The first-order valence-corrected chi connectivity index (χ1v) is 12.2. The lowest BCUT2D eigenvalue weighted by atomic mass is 10.0. The third-order valence-electron chi connectivity index (χ3n) is 5.44. The monoisotopic (exact) mass is 475 g/mol. The van der Waals surface area contributed by atoms with E-state index in [0.29, 0.717) is 11.3 Å². The third kappa shape index (κ3) is 5.23. The van der Waals surface area contributed by atoms with Gasteiger partial charge < -0.3 is 14.8 Å². The highest BCUT2D eigenvalue weighted by Gasteiger charge is 2.28. The molecular weight excluding hydrogens is 446 g/mol. The Labute approximate surface area is 204 Å². The molecule has 0 spiro atoms. The zero-order valence-corrected chi connectivity index (χ0v) is 21.0. The lowest BCUT2D eigenvalue weighted by Crippen LogP contribution is -2.34. The summed E-state index contributed by atoms with van der Waals surface area (Å²) in [5.41, 5.74) is 4.33. The minimum absolute atomic E-state index is 0.00164. The molecule has 1 atom stereocenters. The van der Waals surface area contributed by atoms with Gasteiger partial charge >= 0.3 is 6.09 Å². The van der Waals surface area contributed by atoms with Gasteiger partial charge in [-0.15, -0.1) is 11.3 Å². The highest BCUT2D eigenvalue weighted by atomic mass is 32.1. The number of nitrogens with zero attached hydrogens (tertiary/aromatic N) is 2. The van der Waals surface area contributed by atoms with E-state index in [1.54, 1.807) is 11.3 Å². The Morgan fingerprint density at radius 2 is 2.06 bits per heavy atom. The van der Waals surface area contributed by atoms with E-state index in [0.717, 1.165) is 39.4 Å². The number of alkyl carbamates (subject to hydrolysis) is 1. The summed E-state index contributed by atoms with van der Waals surface area (Å²) in [6, 6.07) is 14.0. The molecule has 6 nitrogen and oxygen atoms in total. The van der Waals surface area contributed by atoms with E-state index < -0.39 is 11.7 Å². The molecule has 3 aromatic rings. The molecule has 1 aromatic heterocycles. The molecule has 1 N–H and O–H groups in total. The number of aromatic nitrogens is 1. The number of hydrogen-bond donors (Lipinski definition) is 1. The number of benzene rings is 2. The number of carbonyl (C=O) groups is 1. The van der Waals surface area contributed by atoms with Crippen molar-refractivity contribution >= 4 is 17.4 Å². The van der Waals surface area contributed by atoms with E-state index in [1.165, 1.54) is 5.56 Å². The van der Waals surface area contributed by atoms with Crippen LogP contribution in [0.5, 0.6) is 5.75 Å². The van der Waals surface area contributed by atoms with Gasteiger partial charge in [0, 0.05) is 11.8 Å². The second kappa shape index (κ2) is 9.47. The molecular formula is C27H29N3O3S. The third-order valence-corrected chi connectivity index (χ3v) is 6.52. The van der Waals surface area contributed by atoms with Crippen molar-refractivity contribution in [1.82, 2.24) is 10.3 Å². The Kier molecular flexibility index (Phi) is 6.63. The van der Waals surface area contributed by atoms with Gasteiger partial charge in [-0.25, -0.2) is 9.78 Å². The Hall–Kier alpha value is -3.37. The first kappa shape index (κ1) is 23.8. The molecule has 1 heterocycles. The van der Waals surface area contributed by atoms with Crippen LogP contribution in [0.1, 0.15) is 63.8 Å². The summed E-state index contributed by atoms with van der Waals surface area (Å²) in [5, 5.41) is 13.5. The molecule has 1 amide bonds. The normalized spacial score (nSPS) is 15.0. The summed E-state index contributed by atoms with van der Waals surface area (Å²) in [7, 11) is 0. The van der Waals surface area contributed by atoms with Gasteiger partial charge in [-0.2, -0.15) is 5.26 Å². The Morgan fingerprint density at radius 3 is 2.76 bits per heavy atom. The smallest absolute Gasteiger partial charge is 0.408 e. The van der Waals surface area contributed by atoms with Crippen molar-refractivity contribution < 1.29 is 14.3 Å². The van der Waals surface area contributed by atoms with Crippen LogP contribution in [0.3, 0.4) is 0 Å². The fourth-order valence-corrected chi connectivity index (χ4v) is 5.08. The Bertz CT molecular complexity index is 1250. The number of rotatable bonds is 5. The SMILES string of the molecule is CC(C)Oc1ccc(-c2cnc(-c3cccc4c3CC[C@H]4NC(=O)OC(C)(C)C)s2)cc1C#N. The van der Waals surface area contributed by atoms with Crippen LogP contribution < -0.4 is 10.1 Å². The van der Waals surface area contributed by atoms with Gasteiger partial charge in [-0.3, -0.25) is 0 Å². The molecule has 1 aliphatic carbocycles. The van der Waals surface area contributed by atoms with Crippen molar-refractivity contribution in [3.63, 3.8) is 0 Å². The van der Waals surface area contributed by atoms with Crippen LogP contribution >= 0.6 is 11.3 Å². The zero-order chi connectivity index (χ0) is 24.5. The van der Waals surface area contributed by atoms with E-state index in [2.05, 4.69) is 23.5 Å². The van der Waals surface area contributed by atoms with Crippen LogP contribution in [-0.2, 0) is 11.2 Å². The second-order valence-electron chi connectivity index (χ2n) is 9.63. The molecule has 0 aliphatic heterocycles. The molecule has 0 unspecified atom stereocenters. The lowest BCUT2D eigenvalue weighted by Gasteiger charge is -2.22. The summed E-state index contributed by atoms with van der Waals surface area (Å²) in [6.45, 7) is 9.46. The van der Waals surface area contributed by atoms with Crippen LogP contribution in [0.15, 0.2) is 42.6 Å². The van der Waals surface area contributed by atoms with E-state index in [1.807, 2.05) is 65.1 Å². The van der Waals surface area contributed by atoms with Gasteiger partial charge in [0.2, 0.25) is 0 Å². The average molecular weight is 476 g/mol. The highest BCUT2D eigenvalue weighted by Crippen LogP contribution is 2.41. The summed E-state index contributed by atoms with van der Waals surface area (Å²) in [5.74, 6) is 0.593. The summed E-state index contributed by atoms with van der Waals surface area (Å²) in [4.78, 5) is 18.0. The van der Waals surface area contributed by atoms with Crippen molar-refractivity contribution in [2.45, 2.75) is 65.2 Å². The van der Waals surface area contributed by atoms with Crippen molar-refractivity contribution in [3.8, 4) is 32.8 Å². The quantitative estimate of drug-likeness (QED) is 0.447. The van der Waals surface area contributed by atoms with E-state index >= 15 is 0 Å². The molecule has 34 heavy (non-hydrogen) atoms. The zero-order valence-electron chi connectivity index (χ0n) is 20.1. The molecule has 0 saturated carbocycles. The molecule has 0 saturated heterocycles. The first-order valence-electron chi connectivity index (χ1n) is 11.4. The molecule has 2 aromatic carbocycles. The van der Waals surface area contributed by atoms with Crippen LogP contribution in [0.2, 0.25) is 0 Å². The molecule has 1 aliphatic rings. The van der Waals surface area contributed by atoms with Crippen LogP contribution in [0.4, 0.5) is 4.79 Å². The van der Waals surface area contributed by atoms with Gasteiger partial charge in [0.25, 0.3) is 0 Å². The van der Waals surface area contributed by atoms with Crippen molar-refractivity contribution in [3.05, 3.63) is 59.3 Å². The lowest BCUT2D eigenvalue weighted by molar-refractivity contribution is 0.0503. The van der Waals surface area contributed by atoms with Gasteiger partial charge in [0.15, 0.2) is 0 Å². The van der Waals surface area contributed by atoms with Crippen LogP contribution in [0, 0.1) is 11.3 Å². The average Bonchev–Trinajstić information content (AvgIpc) is 3.40. The fraction of sp³-hybridized carbons (Fsp3) is 0.370. The van der Waals surface area contributed by atoms with Crippen LogP contribution in [0.25, 0.3) is 21.0 Å². The number of amides is 1. The van der Waals surface area contributed by atoms with Gasteiger partial charge in [0.05, 0.1) is 22.6 Å². The van der Waals surface area contributed by atoms with E-state index in [4.69, 9.17) is 14.5 Å². The molecule has 4 rings (SSSR count). The standard InChI is InChI=1S/C27H29N3O3S/c1-16(2)32-23-12-9-17(13-18(23)14-28)24-15-29-25(34-24)21-8-6-7-20-19(21)10-11-22(20)30-26(31)33-27(3,4)5/h6-9,12-13,15-16,22H,10-11H2,1-5H3,(H,30,31)/t22-/m1/s1. The van der Waals surface area contributed by atoms with Crippen molar-refractivity contribution in [1.29, 1.82) is 5.26 Å². The van der Waals surface area contributed by atoms with Crippen LogP contribution in [-0.4, -0.2) is 22.8 Å². The molecule has 176 valence electrons. The van der Waals surface area contributed by atoms with Gasteiger partial charge in [-0.05, 0) is 82.3 Å². The number of nitrogens with one attached hydrogen (secondary N) is 1. The number of fused-ring (bicyclic) bond motifs is 1. The number of nitriles is 1. The minimum atomic E-state index is -0.533. The maximum absolute atomic E-state index is 12.3. The predicted molar refractivity (Wildman–Crippen MR) is 134 cm³/mol. The van der Waals surface area contributed by atoms with Crippen molar-refractivity contribution in [2.75, 3.05) is 0 Å². The highest BCUT2D eigenvalue weighted by molar-refractivity contribution is 7.18. The Balaban J connectivity index is 1.58. The molecule has 0 radical (unpaired) electrons. The summed E-state index contributed by atoms with van der Waals surface area (Å²) < 4.78 is 11.2. The first-order chi connectivity index (χ1) is 16.1. The topological polar surface area (TPSA) is 84.2 Å². The maximum atomic E-state index is 12.3. The molecule has 7 heteroatoms. The minimum Gasteiger partial charge on any atom is -0.490 e. The van der Waals surface area contributed by atoms with Gasteiger partial charge in [-0.1, -0.05) is 18.2 Å². The van der Waals surface area contributed by atoms with Crippen molar-refractivity contribution in [2.24, 2.45) is 0 Å².